The highest BCUT2D eigenvalue weighted by Gasteiger charge is 2.38. The average molecular weight is 288 g/mol. The van der Waals surface area contributed by atoms with E-state index in [2.05, 4.69) is 69.2 Å². The van der Waals surface area contributed by atoms with Gasteiger partial charge in [-0.05, 0) is 62.8 Å². The first-order chi connectivity index (χ1) is 9.97. The quantitative estimate of drug-likeness (QED) is 0.872. The molecule has 0 amide bonds. The molecule has 0 bridgehead atoms. The van der Waals surface area contributed by atoms with Crippen LogP contribution in [0.4, 0.5) is 5.69 Å². The largest absolute Gasteiger partial charge is 0.371 e. The summed E-state index contributed by atoms with van der Waals surface area (Å²) in [4.78, 5) is 2.55. The summed E-state index contributed by atoms with van der Waals surface area (Å²) < 4.78 is 0. The topological polar surface area (TPSA) is 15.3 Å². The lowest BCUT2D eigenvalue weighted by atomic mass is 9.68. The number of nitrogens with zero attached hydrogens (tertiary/aromatic N) is 1. The molecule has 2 nitrogen and oxygen atoms in total. The smallest absolute Gasteiger partial charge is 0.0368 e. The molecule has 0 aliphatic heterocycles. The van der Waals surface area contributed by atoms with Crippen LogP contribution in [0.3, 0.4) is 0 Å². The van der Waals surface area contributed by atoms with E-state index in [9.17, 15) is 0 Å². The molecule has 0 spiro atoms. The fourth-order valence-corrected chi connectivity index (χ4v) is 4.13. The summed E-state index contributed by atoms with van der Waals surface area (Å²) >= 11 is 0. The van der Waals surface area contributed by atoms with Gasteiger partial charge in [0.15, 0.2) is 0 Å². The second kappa shape index (κ2) is 6.83. The molecular weight excluding hydrogens is 256 g/mol. The highest BCUT2D eigenvalue weighted by molar-refractivity contribution is 5.48. The monoisotopic (exact) mass is 288 g/mol. The molecule has 2 rings (SSSR count). The zero-order valence-corrected chi connectivity index (χ0v) is 14.4. The zero-order chi connectivity index (χ0) is 15.5. The first-order valence-corrected chi connectivity index (χ1v) is 8.47. The molecule has 2 atom stereocenters. The second-order valence-electron chi connectivity index (χ2n) is 7.28. The van der Waals surface area contributed by atoms with Crippen molar-refractivity contribution in [2.24, 2.45) is 11.3 Å². The number of anilines is 1. The number of nitrogens with one attached hydrogen (secondary N) is 1. The first-order valence-electron chi connectivity index (χ1n) is 8.47. The Hall–Kier alpha value is -1.02. The van der Waals surface area contributed by atoms with Crippen LogP contribution >= 0.6 is 0 Å². The van der Waals surface area contributed by atoms with Crippen molar-refractivity contribution in [3.8, 4) is 0 Å². The Kier molecular flexibility index (Phi) is 5.32. The van der Waals surface area contributed by atoms with Crippen LogP contribution in [0.1, 0.15) is 45.6 Å². The van der Waals surface area contributed by atoms with E-state index in [0.29, 0.717) is 11.5 Å². The van der Waals surface area contributed by atoms with Crippen LogP contribution in [0, 0.1) is 18.3 Å². The molecule has 1 aliphatic rings. The lowest BCUT2D eigenvalue weighted by molar-refractivity contribution is 0.117. The van der Waals surface area contributed by atoms with E-state index in [-0.39, 0.29) is 0 Å². The van der Waals surface area contributed by atoms with Gasteiger partial charge in [0, 0.05) is 24.8 Å². The predicted molar refractivity (Wildman–Crippen MR) is 93.0 cm³/mol. The van der Waals surface area contributed by atoms with Crippen LogP contribution < -0.4 is 10.2 Å². The van der Waals surface area contributed by atoms with Gasteiger partial charge in [-0.15, -0.1) is 0 Å². The van der Waals surface area contributed by atoms with Gasteiger partial charge in [-0.1, -0.05) is 32.4 Å². The number of hydrogen-bond acceptors (Lipinski definition) is 2. The Morgan fingerprint density at radius 3 is 2.71 bits per heavy atom. The van der Waals surface area contributed by atoms with Crippen LogP contribution in [0.15, 0.2) is 24.3 Å². The Balaban J connectivity index is 2.14. The van der Waals surface area contributed by atoms with E-state index in [0.717, 1.165) is 19.0 Å². The third-order valence-corrected chi connectivity index (χ3v) is 5.22. The van der Waals surface area contributed by atoms with Crippen molar-refractivity contribution in [3.05, 3.63) is 29.8 Å². The molecule has 0 aromatic heterocycles. The van der Waals surface area contributed by atoms with Crippen LogP contribution in [0.25, 0.3) is 0 Å². The van der Waals surface area contributed by atoms with E-state index in [4.69, 9.17) is 0 Å². The van der Waals surface area contributed by atoms with Gasteiger partial charge < -0.3 is 10.2 Å². The molecule has 21 heavy (non-hydrogen) atoms. The van der Waals surface area contributed by atoms with Crippen molar-refractivity contribution >= 4 is 5.69 Å². The summed E-state index contributed by atoms with van der Waals surface area (Å²) in [5, 5.41) is 3.61. The van der Waals surface area contributed by atoms with Gasteiger partial charge in [0.05, 0.1) is 0 Å². The molecule has 1 aromatic rings. The van der Waals surface area contributed by atoms with E-state index < -0.39 is 0 Å². The summed E-state index contributed by atoms with van der Waals surface area (Å²) in [6, 6.07) is 9.53. The molecule has 2 heteroatoms. The minimum Gasteiger partial charge on any atom is -0.371 e. The molecule has 0 heterocycles. The van der Waals surface area contributed by atoms with Crippen LogP contribution in [0.2, 0.25) is 0 Å². The summed E-state index contributed by atoms with van der Waals surface area (Å²) in [6.07, 6.45) is 4.05. The Morgan fingerprint density at radius 2 is 2.10 bits per heavy atom. The standard InChI is InChI=1S/C19H32N2/c1-6-21(17-11-7-9-15(2)13-17)14-16-10-8-12-19(3,4)18(16)20-5/h7,9,11,13,16,18,20H,6,8,10,12,14H2,1-5H3. The molecule has 2 unspecified atom stereocenters. The Bertz CT molecular complexity index is 453. The van der Waals surface area contributed by atoms with E-state index in [1.54, 1.807) is 0 Å². The van der Waals surface area contributed by atoms with Crippen LogP contribution in [-0.4, -0.2) is 26.2 Å². The van der Waals surface area contributed by atoms with Crippen molar-refractivity contribution in [1.29, 1.82) is 0 Å². The summed E-state index contributed by atoms with van der Waals surface area (Å²) in [7, 11) is 2.13. The predicted octanol–water partition coefficient (Wildman–Crippen LogP) is 4.24. The molecular formula is C19H32N2. The van der Waals surface area contributed by atoms with E-state index in [1.165, 1.54) is 30.5 Å². The lowest BCUT2D eigenvalue weighted by Gasteiger charge is -2.45. The van der Waals surface area contributed by atoms with Crippen molar-refractivity contribution in [2.75, 3.05) is 25.0 Å². The molecule has 1 N–H and O–H groups in total. The lowest BCUT2D eigenvalue weighted by Crippen LogP contribution is -2.51. The molecule has 118 valence electrons. The average Bonchev–Trinajstić information content (AvgIpc) is 2.44. The van der Waals surface area contributed by atoms with E-state index >= 15 is 0 Å². The minimum absolute atomic E-state index is 0.406. The van der Waals surface area contributed by atoms with Gasteiger partial charge in [0.25, 0.3) is 0 Å². The van der Waals surface area contributed by atoms with Crippen molar-refractivity contribution < 1.29 is 0 Å². The Morgan fingerprint density at radius 1 is 1.33 bits per heavy atom. The fraction of sp³-hybridized carbons (Fsp3) is 0.684. The van der Waals surface area contributed by atoms with Crippen molar-refractivity contribution in [3.63, 3.8) is 0 Å². The molecule has 0 radical (unpaired) electrons. The molecule has 1 fully saturated rings. The maximum Gasteiger partial charge on any atom is 0.0368 e. The van der Waals surface area contributed by atoms with Crippen molar-refractivity contribution in [1.82, 2.24) is 5.32 Å². The van der Waals surface area contributed by atoms with Crippen molar-refractivity contribution in [2.45, 2.75) is 53.0 Å². The summed E-state index contributed by atoms with van der Waals surface area (Å²) in [5.41, 5.74) is 3.12. The SMILES string of the molecule is CCN(CC1CCCC(C)(C)C1NC)c1cccc(C)c1. The summed E-state index contributed by atoms with van der Waals surface area (Å²) in [6.45, 7) is 11.5. The third-order valence-electron chi connectivity index (χ3n) is 5.22. The number of aryl methyl sites for hydroxylation is 1. The fourth-order valence-electron chi connectivity index (χ4n) is 4.13. The minimum atomic E-state index is 0.406. The Labute approximate surface area is 130 Å². The van der Waals surface area contributed by atoms with Gasteiger partial charge in [-0.3, -0.25) is 0 Å². The molecule has 1 aliphatic carbocycles. The van der Waals surface area contributed by atoms with Gasteiger partial charge in [-0.2, -0.15) is 0 Å². The van der Waals surface area contributed by atoms with Gasteiger partial charge in [0.2, 0.25) is 0 Å². The maximum absolute atomic E-state index is 3.61. The highest BCUT2D eigenvalue weighted by Crippen LogP contribution is 2.39. The van der Waals surface area contributed by atoms with Gasteiger partial charge >= 0.3 is 0 Å². The third kappa shape index (κ3) is 3.79. The normalized spacial score (nSPS) is 24.8. The number of benzene rings is 1. The zero-order valence-electron chi connectivity index (χ0n) is 14.4. The van der Waals surface area contributed by atoms with Gasteiger partial charge in [-0.25, -0.2) is 0 Å². The van der Waals surface area contributed by atoms with E-state index in [1.807, 2.05) is 0 Å². The molecule has 0 saturated heterocycles. The first kappa shape index (κ1) is 16.4. The number of hydrogen-bond donors (Lipinski definition) is 1. The summed E-state index contributed by atoms with van der Waals surface area (Å²) in [5.74, 6) is 0.735. The highest BCUT2D eigenvalue weighted by atomic mass is 15.1. The maximum atomic E-state index is 3.61. The van der Waals surface area contributed by atoms with Gasteiger partial charge in [0.1, 0.15) is 0 Å². The molecule has 1 saturated carbocycles. The van der Waals surface area contributed by atoms with Crippen LogP contribution in [-0.2, 0) is 0 Å². The number of rotatable bonds is 5. The van der Waals surface area contributed by atoms with Crippen LogP contribution in [0.5, 0.6) is 0 Å². The second-order valence-corrected chi connectivity index (χ2v) is 7.28. The molecule has 1 aromatic carbocycles.